The Morgan fingerprint density at radius 3 is 2.54 bits per heavy atom. The summed E-state index contributed by atoms with van der Waals surface area (Å²) in [7, 11) is 4.18. The van der Waals surface area contributed by atoms with Crippen molar-refractivity contribution in [1.29, 1.82) is 0 Å². The molecule has 2 heterocycles. The van der Waals surface area contributed by atoms with Gasteiger partial charge < -0.3 is 9.64 Å². The van der Waals surface area contributed by atoms with E-state index in [9.17, 15) is 4.79 Å². The number of nitrogens with zero attached hydrogens (tertiary/aromatic N) is 3. The van der Waals surface area contributed by atoms with E-state index >= 15 is 0 Å². The van der Waals surface area contributed by atoms with E-state index in [4.69, 9.17) is 4.74 Å². The van der Waals surface area contributed by atoms with E-state index in [0.717, 1.165) is 51.3 Å². The maximum Gasteiger partial charge on any atom is 0.222 e. The van der Waals surface area contributed by atoms with Gasteiger partial charge in [0, 0.05) is 51.7 Å². The number of ether oxygens (including phenoxy) is 1. The quantitative estimate of drug-likeness (QED) is 0.798. The van der Waals surface area contributed by atoms with Crippen LogP contribution in [-0.4, -0.2) is 72.5 Å². The molecule has 1 aromatic carbocycles. The molecule has 0 bridgehead atoms. The van der Waals surface area contributed by atoms with Gasteiger partial charge in [-0.25, -0.2) is 0 Å². The lowest BCUT2D eigenvalue weighted by Crippen LogP contribution is -2.60. The molecule has 1 atom stereocenters. The van der Waals surface area contributed by atoms with Gasteiger partial charge in [0.15, 0.2) is 0 Å². The zero-order valence-corrected chi connectivity index (χ0v) is 17.5. The molecule has 1 aliphatic carbocycles. The number of benzene rings is 1. The van der Waals surface area contributed by atoms with Crippen LogP contribution in [0.25, 0.3) is 0 Å². The Morgan fingerprint density at radius 2 is 1.79 bits per heavy atom. The highest BCUT2D eigenvalue weighted by atomic mass is 16.5. The van der Waals surface area contributed by atoms with Gasteiger partial charge in [0.05, 0.1) is 6.10 Å². The zero-order chi connectivity index (χ0) is 19.6. The molecule has 3 aliphatic rings. The van der Waals surface area contributed by atoms with Gasteiger partial charge in [-0.2, -0.15) is 0 Å². The van der Waals surface area contributed by atoms with E-state index in [-0.39, 0.29) is 5.54 Å². The number of piperazine rings is 1. The van der Waals surface area contributed by atoms with Crippen LogP contribution in [0.2, 0.25) is 0 Å². The molecule has 4 rings (SSSR count). The first-order valence-corrected chi connectivity index (χ1v) is 11.0. The van der Waals surface area contributed by atoms with E-state index in [1.165, 1.54) is 31.2 Å². The van der Waals surface area contributed by atoms with Crippen molar-refractivity contribution in [2.45, 2.75) is 63.1 Å². The number of likely N-dealkylation sites (N-methyl/N-ethyl adjacent to an activating group) is 1. The molecule has 1 amide bonds. The minimum Gasteiger partial charge on any atom is -0.490 e. The van der Waals surface area contributed by atoms with E-state index in [1.807, 2.05) is 11.9 Å². The molecule has 154 valence electrons. The Kier molecular flexibility index (Phi) is 5.93. The molecule has 5 nitrogen and oxygen atoms in total. The predicted molar refractivity (Wildman–Crippen MR) is 111 cm³/mol. The van der Waals surface area contributed by atoms with Crippen LogP contribution in [-0.2, 0) is 11.3 Å². The fourth-order valence-corrected chi connectivity index (χ4v) is 5.11. The van der Waals surface area contributed by atoms with Crippen LogP contribution in [0.1, 0.15) is 50.5 Å². The highest BCUT2D eigenvalue weighted by molar-refractivity contribution is 5.76. The van der Waals surface area contributed by atoms with E-state index in [2.05, 4.69) is 41.1 Å². The Morgan fingerprint density at radius 1 is 1.04 bits per heavy atom. The highest BCUT2D eigenvalue weighted by Crippen LogP contribution is 2.32. The van der Waals surface area contributed by atoms with Crippen molar-refractivity contribution in [3.63, 3.8) is 0 Å². The summed E-state index contributed by atoms with van der Waals surface area (Å²) >= 11 is 0. The lowest BCUT2D eigenvalue weighted by molar-refractivity contribution is -0.129. The number of likely N-dealkylation sites (tertiary alicyclic amines) is 1. The molecular weight excluding hydrogens is 350 g/mol. The van der Waals surface area contributed by atoms with Crippen LogP contribution in [0.15, 0.2) is 24.3 Å². The van der Waals surface area contributed by atoms with Gasteiger partial charge in [0.1, 0.15) is 5.75 Å². The maximum absolute atomic E-state index is 12.2. The first-order valence-electron chi connectivity index (χ1n) is 11.0. The molecule has 0 N–H and O–H groups in total. The second-order valence-corrected chi connectivity index (χ2v) is 9.09. The molecule has 2 aliphatic heterocycles. The van der Waals surface area contributed by atoms with Crippen molar-refractivity contribution >= 4 is 5.91 Å². The van der Waals surface area contributed by atoms with Crippen LogP contribution in [0.3, 0.4) is 0 Å². The van der Waals surface area contributed by atoms with Crippen molar-refractivity contribution in [3.8, 4) is 5.75 Å². The van der Waals surface area contributed by atoms with Crippen LogP contribution < -0.4 is 4.74 Å². The second kappa shape index (κ2) is 8.42. The monoisotopic (exact) mass is 385 g/mol. The van der Waals surface area contributed by atoms with Gasteiger partial charge in [-0.3, -0.25) is 14.6 Å². The second-order valence-electron chi connectivity index (χ2n) is 9.09. The summed E-state index contributed by atoms with van der Waals surface area (Å²) in [6.07, 6.45) is 8.12. The molecule has 2 saturated heterocycles. The molecule has 0 radical (unpaired) electrons. The van der Waals surface area contributed by atoms with E-state index < -0.39 is 0 Å². The maximum atomic E-state index is 12.2. The van der Waals surface area contributed by atoms with Crippen molar-refractivity contribution in [2.24, 2.45) is 0 Å². The summed E-state index contributed by atoms with van der Waals surface area (Å²) in [5.74, 6) is 1.30. The molecule has 1 saturated carbocycles. The molecular formula is C23H35N3O2. The summed E-state index contributed by atoms with van der Waals surface area (Å²) in [5, 5.41) is 0. The molecule has 1 unspecified atom stereocenters. The van der Waals surface area contributed by atoms with Crippen molar-refractivity contribution in [2.75, 3.05) is 40.3 Å². The molecule has 1 aromatic rings. The highest BCUT2D eigenvalue weighted by Gasteiger charge is 2.41. The number of carbonyl (C=O) groups excluding carboxylic acids is 1. The molecule has 5 heteroatoms. The minimum atomic E-state index is 0.129. The summed E-state index contributed by atoms with van der Waals surface area (Å²) in [5.41, 5.74) is 1.48. The summed E-state index contributed by atoms with van der Waals surface area (Å²) in [6, 6.07) is 8.72. The molecule has 28 heavy (non-hydrogen) atoms. The van der Waals surface area contributed by atoms with Crippen LogP contribution in [0.4, 0.5) is 0 Å². The Labute approximate surface area is 169 Å². The Balaban J connectivity index is 1.37. The third kappa shape index (κ3) is 4.36. The summed E-state index contributed by atoms with van der Waals surface area (Å²) in [4.78, 5) is 19.1. The predicted octanol–water partition coefficient (Wildman–Crippen LogP) is 3.14. The SMILES string of the molecule is CN1CCC2(CCC1=O)CN(Cc1ccc(OC3CCCC3)cc1)CCN2C. The van der Waals surface area contributed by atoms with E-state index in [0.29, 0.717) is 18.4 Å². The van der Waals surface area contributed by atoms with Gasteiger partial charge in [0.25, 0.3) is 0 Å². The van der Waals surface area contributed by atoms with E-state index in [1.54, 1.807) is 0 Å². The first kappa shape index (κ1) is 19.7. The largest absolute Gasteiger partial charge is 0.490 e. The minimum absolute atomic E-state index is 0.129. The fourth-order valence-electron chi connectivity index (χ4n) is 5.11. The average molecular weight is 386 g/mol. The standard InChI is InChI=1S/C23H35N3O2/c1-24-14-13-23(12-11-22(24)27)18-26(16-15-25(23)2)17-19-7-9-21(10-8-19)28-20-5-3-4-6-20/h7-10,20H,3-6,11-18H2,1-2H3. The Bertz CT molecular complexity index is 671. The number of hydrogen-bond acceptors (Lipinski definition) is 4. The summed E-state index contributed by atoms with van der Waals surface area (Å²) in [6.45, 7) is 5.04. The normalized spacial score (nSPS) is 28.1. The van der Waals surface area contributed by atoms with Crippen LogP contribution >= 0.6 is 0 Å². The van der Waals surface area contributed by atoms with Gasteiger partial charge in [-0.05, 0) is 63.3 Å². The third-order valence-electron chi connectivity index (χ3n) is 7.16. The fraction of sp³-hybridized carbons (Fsp3) is 0.696. The number of hydrogen-bond donors (Lipinski definition) is 0. The number of rotatable bonds is 4. The molecule has 1 spiro atoms. The van der Waals surface area contributed by atoms with Gasteiger partial charge in [-0.1, -0.05) is 12.1 Å². The smallest absolute Gasteiger partial charge is 0.222 e. The number of amides is 1. The molecule has 3 fully saturated rings. The summed E-state index contributed by atoms with van der Waals surface area (Å²) < 4.78 is 6.10. The van der Waals surface area contributed by atoms with Gasteiger partial charge in [0.2, 0.25) is 5.91 Å². The van der Waals surface area contributed by atoms with Crippen molar-refractivity contribution in [3.05, 3.63) is 29.8 Å². The first-order chi connectivity index (χ1) is 13.5. The lowest BCUT2D eigenvalue weighted by Gasteiger charge is -2.49. The van der Waals surface area contributed by atoms with Crippen molar-refractivity contribution < 1.29 is 9.53 Å². The van der Waals surface area contributed by atoms with Gasteiger partial charge in [-0.15, -0.1) is 0 Å². The Hall–Kier alpha value is -1.59. The molecule has 0 aromatic heterocycles. The van der Waals surface area contributed by atoms with Gasteiger partial charge >= 0.3 is 0 Å². The number of carbonyl (C=O) groups is 1. The third-order valence-corrected chi connectivity index (χ3v) is 7.16. The average Bonchev–Trinajstić information content (AvgIpc) is 3.16. The van der Waals surface area contributed by atoms with Crippen LogP contribution in [0, 0.1) is 0 Å². The zero-order valence-electron chi connectivity index (χ0n) is 17.5. The van der Waals surface area contributed by atoms with Crippen LogP contribution in [0.5, 0.6) is 5.75 Å². The topological polar surface area (TPSA) is 36.0 Å². The van der Waals surface area contributed by atoms with Crippen molar-refractivity contribution in [1.82, 2.24) is 14.7 Å². The lowest BCUT2D eigenvalue weighted by atomic mass is 9.86.